The van der Waals surface area contributed by atoms with Gasteiger partial charge in [-0.15, -0.1) is 0 Å². The van der Waals surface area contributed by atoms with Crippen LogP contribution in [-0.2, 0) is 17.9 Å². The number of amides is 1. The van der Waals surface area contributed by atoms with Crippen LogP contribution in [0.5, 0.6) is 0 Å². The Hall–Kier alpha value is -2.96. The lowest BCUT2D eigenvalue weighted by atomic mass is 9.98. The van der Waals surface area contributed by atoms with Crippen LogP contribution in [-0.4, -0.2) is 39.3 Å². The van der Waals surface area contributed by atoms with Gasteiger partial charge in [0, 0.05) is 32.0 Å². The normalized spacial score (nSPS) is 18.9. The van der Waals surface area contributed by atoms with Crippen molar-refractivity contribution < 1.29 is 9.90 Å². The average Bonchev–Trinajstić information content (AvgIpc) is 3.39. The molecule has 1 fully saturated rings. The van der Waals surface area contributed by atoms with Gasteiger partial charge in [-0.25, -0.2) is 4.98 Å². The van der Waals surface area contributed by atoms with Gasteiger partial charge in [-0.2, -0.15) is 0 Å². The lowest BCUT2D eigenvalue weighted by Gasteiger charge is -2.14. The van der Waals surface area contributed by atoms with Crippen molar-refractivity contribution in [2.45, 2.75) is 31.7 Å². The minimum Gasteiger partial charge on any atom is -0.392 e. The Labute approximate surface area is 164 Å². The minimum absolute atomic E-state index is 0.0676. The summed E-state index contributed by atoms with van der Waals surface area (Å²) in [5.41, 5.74) is 4.50. The van der Waals surface area contributed by atoms with E-state index in [1.165, 1.54) is 5.56 Å². The molecule has 28 heavy (non-hydrogen) atoms. The molecule has 0 saturated carbocycles. The van der Waals surface area contributed by atoms with Gasteiger partial charge in [-0.05, 0) is 28.7 Å². The molecule has 0 spiro atoms. The van der Waals surface area contributed by atoms with E-state index in [4.69, 9.17) is 0 Å². The molecular formula is C22H24N4O2. The number of carbonyl (C=O) groups excluding carboxylic acids is 1. The van der Waals surface area contributed by atoms with Crippen LogP contribution in [0.4, 0.5) is 0 Å². The molecule has 0 aliphatic carbocycles. The lowest BCUT2D eigenvalue weighted by molar-refractivity contribution is -0.123. The number of aliphatic hydroxyl groups is 1. The predicted molar refractivity (Wildman–Crippen MR) is 107 cm³/mol. The SMILES string of the molecule is O=C(NCc1ccccc1-c1ccc(Cn2ccnc2)cc1)C1CC(O)CN1. The molecule has 1 saturated heterocycles. The van der Waals surface area contributed by atoms with Crippen LogP contribution in [0, 0.1) is 0 Å². The zero-order chi connectivity index (χ0) is 19.3. The van der Waals surface area contributed by atoms with Gasteiger partial charge in [0.1, 0.15) is 0 Å². The molecule has 1 amide bonds. The minimum atomic E-state index is -0.441. The number of nitrogens with one attached hydrogen (secondary N) is 2. The smallest absolute Gasteiger partial charge is 0.237 e. The number of hydrogen-bond donors (Lipinski definition) is 3. The second kappa shape index (κ2) is 8.37. The molecule has 4 rings (SSSR count). The van der Waals surface area contributed by atoms with Crippen LogP contribution in [0.3, 0.4) is 0 Å². The zero-order valence-corrected chi connectivity index (χ0v) is 15.6. The summed E-state index contributed by atoms with van der Waals surface area (Å²) >= 11 is 0. The Morgan fingerprint density at radius 2 is 2.04 bits per heavy atom. The van der Waals surface area contributed by atoms with Crippen molar-refractivity contribution in [2.75, 3.05) is 6.54 Å². The monoisotopic (exact) mass is 376 g/mol. The Kier molecular flexibility index (Phi) is 5.50. The molecule has 144 valence electrons. The molecular weight excluding hydrogens is 352 g/mol. The number of β-amino-alcohol motifs (C(OH)–C–C–N with tert-alkyl or cyclic N) is 1. The number of hydrogen-bond acceptors (Lipinski definition) is 4. The molecule has 2 heterocycles. The van der Waals surface area contributed by atoms with Crippen LogP contribution in [0.1, 0.15) is 17.5 Å². The van der Waals surface area contributed by atoms with E-state index in [-0.39, 0.29) is 11.9 Å². The third kappa shape index (κ3) is 4.30. The van der Waals surface area contributed by atoms with Crippen molar-refractivity contribution in [2.24, 2.45) is 0 Å². The van der Waals surface area contributed by atoms with Gasteiger partial charge in [0.2, 0.25) is 5.91 Å². The van der Waals surface area contributed by atoms with Gasteiger partial charge >= 0.3 is 0 Å². The van der Waals surface area contributed by atoms with Gasteiger partial charge in [0.15, 0.2) is 0 Å². The molecule has 0 radical (unpaired) electrons. The molecule has 2 atom stereocenters. The van der Waals surface area contributed by atoms with Crippen molar-refractivity contribution in [3.05, 3.63) is 78.4 Å². The first-order valence-corrected chi connectivity index (χ1v) is 9.51. The summed E-state index contributed by atoms with van der Waals surface area (Å²) in [5.74, 6) is -0.0676. The molecule has 1 aliphatic rings. The Balaban J connectivity index is 1.44. The Bertz CT molecular complexity index is 922. The highest BCUT2D eigenvalue weighted by Crippen LogP contribution is 2.24. The molecule has 3 aromatic rings. The maximum Gasteiger partial charge on any atom is 0.237 e. The fourth-order valence-corrected chi connectivity index (χ4v) is 3.56. The first-order valence-electron chi connectivity index (χ1n) is 9.51. The largest absolute Gasteiger partial charge is 0.392 e. The molecule has 6 nitrogen and oxygen atoms in total. The van der Waals surface area contributed by atoms with Crippen molar-refractivity contribution in [1.82, 2.24) is 20.2 Å². The van der Waals surface area contributed by atoms with E-state index in [9.17, 15) is 9.90 Å². The number of carbonyl (C=O) groups is 1. The summed E-state index contributed by atoms with van der Waals surface area (Å²) in [7, 11) is 0. The van der Waals surface area contributed by atoms with Crippen molar-refractivity contribution >= 4 is 5.91 Å². The summed E-state index contributed by atoms with van der Waals surface area (Å²) in [6.07, 6.45) is 5.56. The second-order valence-electron chi connectivity index (χ2n) is 7.16. The van der Waals surface area contributed by atoms with E-state index in [1.54, 1.807) is 6.20 Å². The number of nitrogens with zero attached hydrogens (tertiary/aromatic N) is 2. The van der Waals surface area contributed by atoms with Gasteiger partial charge in [0.25, 0.3) is 0 Å². The van der Waals surface area contributed by atoms with Crippen LogP contribution in [0.25, 0.3) is 11.1 Å². The van der Waals surface area contributed by atoms with Gasteiger partial charge in [-0.3, -0.25) is 4.79 Å². The molecule has 1 aliphatic heterocycles. The molecule has 0 bridgehead atoms. The number of imidazole rings is 1. The predicted octanol–water partition coefficient (Wildman–Crippen LogP) is 1.94. The van der Waals surface area contributed by atoms with E-state index < -0.39 is 6.10 Å². The molecule has 2 unspecified atom stereocenters. The summed E-state index contributed by atoms with van der Waals surface area (Å²) in [6, 6.07) is 16.2. The van der Waals surface area contributed by atoms with Crippen molar-refractivity contribution in [1.29, 1.82) is 0 Å². The topological polar surface area (TPSA) is 79.2 Å². The standard InChI is InChI=1S/C22H24N4O2/c27-19-11-21(24-13-19)22(28)25-12-18-3-1-2-4-20(18)17-7-5-16(6-8-17)14-26-10-9-23-15-26/h1-10,15,19,21,24,27H,11-14H2,(H,25,28). The number of aromatic nitrogens is 2. The maximum atomic E-state index is 12.3. The van der Waals surface area contributed by atoms with Crippen LogP contribution >= 0.6 is 0 Å². The quantitative estimate of drug-likeness (QED) is 0.614. The number of aliphatic hydroxyl groups excluding tert-OH is 1. The van der Waals surface area contributed by atoms with Gasteiger partial charge in [0.05, 0.1) is 18.5 Å². The maximum absolute atomic E-state index is 12.3. The second-order valence-corrected chi connectivity index (χ2v) is 7.16. The van der Waals surface area contributed by atoms with E-state index >= 15 is 0 Å². The van der Waals surface area contributed by atoms with E-state index in [1.807, 2.05) is 35.3 Å². The fourth-order valence-electron chi connectivity index (χ4n) is 3.56. The summed E-state index contributed by atoms with van der Waals surface area (Å²) in [5, 5.41) is 15.6. The van der Waals surface area contributed by atoms with Gasteiger partial charge < -0.3 is 20.3 Å². The highest BCUT2D eigenvalue weighted by Gasteiger charge is 2.27. The molecule has 2 aromatic carbocycles. The van der Waals surface area contributed by atoms with Crippen LogP contribution in [0.2, 0.25) is 0 Å². The van der Waals surface area contributed by atoms with Gasteiger partial charge in [-0.1, -0.05) is 48.5 Å². The lowest BCUT2D eigenvalue weighted by Crippen LogP contribution is -2.40. The highest BCUT2D eigenvalue weighted by molar-refractivity contribution is 5.82. The third-order valence-electron chi connectivity index (χ3n) is 5.08. The summed E-state index contributed by atoms with van der Waals surface area (Å²) < 4.78 is 2.03. The first-order chi connectivity index (χ1) is 13.7. The van der Waals surface area contributed by atoms with Crippen LogP contribution < -0.4 is 10.6 Å². The van der Waals surface area contributed by atoms with Crippen molar-refractivity contribution in [3.63, 3.8) is 0 Å². The molecule has 3 N–H and O–H groups in total. The summed E-state index contributed by atoms with van der Waals surface area (Å²) in [6.45, 7) is 1.72. The molecule has 1 aromatic heterocycles. The first kappa shape index (κ1) is 18.4. The number of rotatable bonds is 6. The zero-order valence-electron chi connectivity index (χ0n) is 15.6. The van der Waals surface area contributed by atoms with Crippen molar-refractivity contribution in [3.8, 4) is 11.1 Å². The Morgan fingerprint density at radius 3 is 2.75 bits per heavy atom. The summed E-state index contributed by atoms with van der Waals surface area (Å²) in [4.78, 5) is 16.4. The Morgan fingerprint density at radius 1 is 1.21 bits per heavy atom. The number of benzene rings is 2. The fraction of sp³-hybridized carbons (Fsp3) is 0.273. The third-order valence-corrected chi connectivity index (χ3v) is 5.08. The average molecular weight is 376 g/mol. The van der Waals surface area contributed by atoms with E-state index in [2.05, 4.69) is 45.9 Å². The van der Waals surface area contributed by atoms with E-state index in [0.29, 0.717) is 19.5 Å². The van der Waals surface area contributed by atoms with Crippen LogP contribution in [0.15, 0.2) is 67.3 Å². The highest BCUT2D eigenvalue weighted by atomic mass is 16.3. The molecule has 6 heteroatoms. The van der Waals surface area contributed by atoms with E-state index in [0.717, 1.165) is 23.2 Å².